The molecule has 2 aliphatic carbocycles. The van der Waals surface area contributed by atoms with Gasteiger partial charge in [-0.3, -0.25) is 0 Å². The second-order valence-electron chi connectivity index (χ2n) is 4.37. The smallest absolute Gasteiger partial charge is 0.0950 e. The first-order valence-corrected chi connectivity index (χ1v) is 4.56. The summed E-state index contributed by atoms with van der Waals surface area (Å²) in [4.78, 5) is 0. The molecule has 1 fully saturated rings. The molecule has 0 aromatic rings. The highest BCUT2D eigenvalue weighted by molar-refractivity contribution is 5.21. The Morgan fingerprint density at radius 1 is 1.64 bits per heavy atom. The molecule has 0 amide bonds. The van der Waals surface area contributed by atoms with Crippen LogP contribution in [0.5, 0.6) is 0 Å². The maximum atomic E-state index is 9.70. The summed E-state index contributed by atoms with van der Waals surface area (Å²) in [5.74, 6) is 1.98. The van der Waals surface area contributed by atoms with E-state index in [1.54, 1.807) is 0 Å². The summed E-state index contributed by atoms with van der Waals surface area (Å²) < 4.78 is 0. The summed E-state index contributed by atoms with van der Waals surface area (Å²) >= 11 is 0. The van der Waals surface area contributed by atoms with Crippen LogP contribution in [0, 0.1) is 17.3 Å². The van der Waals surface area contributed by atoms with Gasteiger partial charge in [0.25, 0.3) is 0 Å². The van der Waals surface area contributed by atoms with E-state index in [9.17, 15) is 5.11 Å². The van der Waals surface area contributed by atoms with Gasteiger partial charge in [-0.2, -0.15) is 0 Å². The number of hydrogen-bond acceptors (Lipinski definition) is 1. The minimum absolute atomic E-state index is 0.185. The first-order valence-electron chi connectivity index (χ1n) is 4.56. The Labute approximate surface area is 68.1 Å². The predicted octanol–water partition coefficient (Wildman–Crippen LogP) is 2.88. The van der Waals surface area contributed by atoms with Crippen LogP contribution in [0.25, 0.3) is 0 Å². The number of hydrogen-bond donors (Lipinski definition) is 1. The van der Waals surface area contributed by atoms with Crippen molar-refractivity contribution in [2.24, 2.45) is 17.3 Å². The Kier molecular flexibility index (Phi) is 1.33. The van der Waals surface area contributed by atoms with Gasteiger partial charge in [0.2, 0.25) is 0 Å². The Balaban J connectivity index is 2.33. The number of fused-ring (bicyclic) bond motifs is 2. The van der Waals surface area contributed by atoms with Crippen LogP contribution in [0.3, 0.4) is 0 Å². The number of aliphatic hydroxyl groups is 1. The molecule has 0 aromatic carbocycles. The van der Waals surface area contributed by atoms with Crippen molar-refractivity contribution in [1.82, 2.24) is 0 Å². The Hall–Kier alpha value is -0.460. The zero-order chi connectivity index (χ0) is 8.06. The van der Waals surface area contributed by atoms with E-state index in [1.165, 1.54) is 19.3 Å². The van der Waals surface area contributed by atoms with Gasteiger partial charge in [0, 0.05) is 5.41 Å². The number of aliphatic hydroxyl groups excluding tert-OH is 1. The standard InChI is InChI=1S/C10H16O/c1-7(2)10-4-3-8(6-10)5-9(10)11/h5,7-8,11H,3-4,6H2,1-2H3. The fraction of sp³-hybridized carbons (Fsp3) is 0.800. The quantitative estimate of drug-likeness (QED) is 0.612. The molecule has 1 heteroatoms. The lowest BCUT2D eigenvalue weighted by Gasteiger charge is -2.30. The Morgan fingerprint density at radius 2 is 2.36 bits per heavy atom. The first-order chi connectivity index (χ1) is 5.15. The van der Waals surface area contributed by atoms with Crippen molar-refractivity contribution >= 4 is 0 Å². The summed E-state index contributed by atoms with van der Waals surface area (Å²) in [7, 11) is 0. The van der Waals surface area contributed by atoms with Crippen LogP contribution in [0.1, 0.15) is 33.1 Å². The summed E-state index contributed by atoms with van der Waals surface area (Å²) in [6.45, 7) is 4.44. The van der Waals surface area contributed by atoms with Crippen molar-refractivity contribution < 1.29 is 5.11 Å². The molecule has 2 rings (SSSR count). The van der Waals surface area contributed by atoms with Gasteiger partial charge < -0.3 is 5.11 Å². The first kappa shape index (κ1) is 7.20. The van der Waals surface area contributed by atoms with Crippen molar-refractivity contribution in [3.05, 3.63) is 11.8 Å². The molecule has 11 heavy (non-hydrogen) atoms. The largest absolute Gasteiger partial charge is 0.512 e. The third-order valence-electron chi connectivity index (χ3n) is 3.60. The molecule has 0 heterocycles. The summed E-state index contributed by atoms with van der Waals surface area (Å²) in [6.07, 6.45) is 5.78. The van der Waals surface area contributed by atoms with E-state index in [0.717, 1.165) is 0 Å². The molecule has 0 saturated heterocycles. The van der Waals surface area contributed by atoms with Gasteiger partial charge in [-0.25, -0.2) is 0 Å². The highest BCUT2D eigenvalue weighted by Gasteiger charge is 2.48. The molecule has 1 nitrogen and oxygen atoms in total. The SMILES string of the molecule is CC(C)C12CCC(C=C1O)C2. The molecule has 2 unspecified atom stereocenters. The highest BCUT2D eigenvalue weighted by Crippen LogP contribution is 2.56. The Morgan fingerprint density at radius 3 is 2.64 bits per heavy atom. The maximum absolute atomic E-state index is 9.70. The Bertz CT molecular complexity index is 205. The van der Waals surface area contributed by atoms with Crippen molar-refractivity contribution in [2.75, 3.05) is 0 Å². The normalized spacial score (nSPS) is 41.7. The molecular weight excluding hydrogens is 136 g/mol. The molecular formula is C10H16O. The van der Waals surface area contributed by atoms with Crippen molar-refractivity contribution in [1.29, 1.82) is 0 Å². The average Bonchev–Trinajstić information content (AvgIpc) is 2.43. The maximum Gasteiger partial charge on any atom is 0.0950 e. The van der Waals surface area contributed by atoms with Crippen LogP contribution in [0.4, 0.5) is 0 Å². The van der Waals surface area contributed by atoms with Crippen LogP contribution >= 0.6 is 0 Å². The van der Waals surface area contributed by atoms with E-state index < -0.39 is 0 Å². The fourth-order valence-corrected chi connectivity index (χ4v) is 2.70. The third-order valence-corrected chi connectivity index (χ3v) is 3.60. The van der Waals surface area contributed by atoms with Gasteiger partial charge in [0.05, 0.1) is 5.76 Å². The van der Waals surface area contributed by atoms with Crippen LogP contribution in [-0.2, 0) is 0 Å². The molecule has 62 valence electrons. The molecule has 2 bridgehead atoms. The molecule has 0 spiro atoms. The summed E-state index contributed by atoms with van der Waals surface area (Å²) in [5, 5.41) is 9.70. The van der Waals surface area contributed by atoms with Gasteiger partial charge in [-0.15, -0.1) is 0 Å². The van der Waals surface area contributed by atoms with Gasteiger partial charge in [0.1, 0.15) is 0 Å². The van der Waals surface area contributed by atoms with Crippen LogP contribution in [0.15, 0.2) is 11.8 Å². The van der Waals surface area contributed by atoms with Crippen LogP contribution in [0.2, 0.25) is 0 Å². The number of allylic oxidation sites excluding steroid dienone is 2. The van der Waals surface area contributed by atoms with Gasteiger partial charge in [-0.1, -0.05) is 13.8 Å². The van der Waals surface area contributed by atoms with Gasteiger partial charge >= 0.3 is 0 Å². The molecule has 2 aliphatic rings. The molecule has 2 atom stereocenters. The van der Waals surface area contributed by atoms with Crippen LogP contribution in [-0.4, -0.2) is 5.11 Å². The fourth-order valence-electron chi connectivity index (χ4n) is 2.70. The minimum atomic E-state index is 0.185. The predicted molar refractivity (Wildman–Crippen MR) is 45.3 cm³/mol. The third kappa shape index (κ3) is 0.770. The molecule has 0 aliphatic heterocycles. The van der Waals surface area contributed by atoms with E-state index in [2.05, 4.69) is 19.9 Å². The van der Waals surface area contributed by atoms with Crippen LogP contribution < -0.4 is 0 Å². The van der Waals surface area contributed by atoms with Crippen molar-refractivity contribution in [2.45, 2.75) is 33.1 Å². The second-order valence-corrected chi connectivity index (χ2v) is 4.37. The lowest BCUT2D eigenvalue weighted by molar-refractivity contribution is 0.168. The van der Waals surface area contributed by atoms with E-state index in [1.807, 2.05) is 0 Å². The van der Waals surface area contributed by atoms with E-state index >= 15 is 0 Å². The molecule has 0 aromatic heterocycles. The molecule has 1 N–H and O–H groups in total. The lowest BCUT2D eigenvalue weighted by atomic mass is 9.75. The monoisotopic (exact) mass is 152 g/mol. The van der Waals surface area contributed by atoms with E-state index in [0.29, 0.717) is 17.6 Å². The molecule has 1 saturated carbocycles. The topological polar surface area (TPSA) is 20.2 Å². The van der Waals surface area contributed by atoms with Gasteiger partial charge in [-0.05, 0) is 37.2 Å². The van der Waals surface area contributed by atoms with E-state index in [4.69, 9.17) is 0 Å². The average molecular weight is 152 g/mol. The molecule has 0 radical (unpaired) electrons. The lowest BCUT2D eigenvalue weighted by Crippen LogP contribution is -2.24. The number of rotatable bonds is 1. The minimum Gasteiger partial charge on any atom is -0.512 e. The summed E-state index contributed by atoms with van der Waals surface area (Å²) in [5.41, 5.74) is 0.185. The van der Waals surface area contributed by atoms with E-state index in [-0.39, 0.29) is 5.41 Å². The summed E-state index contributed by atoms with van der Waals surface area (Å²) in [6, 6.07) is 0. The second kappa shape index (κ2) is 2.02. The van der Waals surface area contributed by atoms with Crippen molar-refractivity contribution in [3.63, 3.8) is 0 Å². The van der Waals surface area contributed by atoms with Gasteiger partial charge in [0.15, 0.2) is 0 Å². The highest BCUT2D eigenvalue weighted by atomic mass is 16.3. The van der Waals surface area contributed by atoms with Crippen molar-refractivity contribution in [3.8, 4) is 0 Å². The zero-order valence-electron chi connectivity index (χ0n) is 7.30. The zero-order valence-corrected chi connectivity index (χ0v) is 7.30.